The molecule has 0 aromatic heterocycles. The quantitative estimate of drug-likeness (QED) is 0.546. The van der Waals surface area contributed by atoms with Crippen molar-refractivity contribution in [3.8, 4) is 0 Å². The maximum absolute atomic E-state index is 12.7. The zero-order valence-electron chi connectivity index (χ0n) is 18.9. The van der Waals surface area contributed by atoms with E-state index in [1.807, 2.05) is 72.4 Å². The first-order valence-electron chi connectivity index (χ1n) is 11.1. The summed E-state index contributed by atoms with van der Waals surface area (Å²) < 4.78 is 0. The first-order chi connectivity index (χ1) is 14.9. The third kappa shape index (κ3) is 5.62. The van der Waals surface area contributed by atoms with Crippen LogP contribution in [-0.4, -0.2) is 31.7 Å². The average Bonchev–Trinajstić information content (AvgIpc) is 3.16. The zero-order chi connectivity index (χ0) is 22.4. The van der Waals surface area contributed by atoms with Crippen LogP contribution in [0.3, 0.4) is 0 Å². The van der Waals surface area contributed by atoms with Gasteiger partial charge in [-0.2, -0.15) is 0 Å². The van der Waals surface area contributed by atoms with E-state index in [4.69, 9.17) is 0 Å². The number of carbonyl (C=O) groups excluding carboxylic acids is 2. The number of nitrogens with zero attached hydrogens (tertiary/aromatic N) is 2. The number of benzene rings is 2. The van der Waals surface area contributed by atoms with E-state index in [0.29, 0.717) is 5.75 Å². The first-order valence-corrected chi connectivity index (χ1v) is 12.1. The van der Waals surface area contributed by atoms with Gasteiger partial charge in [-0.15, -0.1) is 11.8 Å². The van der Waals surface area contributed by atoms with Gasteiger partial charge >= 0.3 is 0 Å². The number of carbonyl (C=O) groups is 2. The molecule has 3 rings (SSSR count). The Kier molecular flexibility index (Phi) is 8.02. The molecule has 1 aliphatic heterocycles. The van der Waals surface area contributed by atoms with Crippen molar-refractivity contribution in [2.24, 2.45) is 5.92 Å². The van der Waals surface area contributed by atoms with Gasteiger partial charge in [-0.1, -0.05) is 38.8 Å². The molecular formula is C25H33N3O2S. The molecule has 166 valence electrons. The number of rotatable bonds is 9. The van der Waals surface area contributed by atoms with Crippen molar-refractivity contribution in [2.75, 3.05) is 35.0 Å². The van der Waals surface area contributed by atoms with Crippen molar-refractivity contribution >= 4 is 40.6 Å². The summed E-state index contributed by atoms with van der Waals surface area (Å²) in [5.74, 6) is 0.677. The van der Waals surface area contributed by atoms with Crippen LogP contribution in [0.1, 0.15) is 50.5 Å². The molecule has 1 N–H and O–H groups in total. The molecule has 0 saturated carbocycles. The molecule has 0 unspecified atom stereocenters. The van der Waals surface area contributed by atoms with Crippen LogP contribution >= 0.6 is 11.8 Å². The lowest BCUT2D eigenvalue weighted by Gasteiger charge is -2.25. The van der Waals surface area contributed by atoms with Gasteiger partial charge in [-0.25, -0.2) is 0 Å². The number of amides is 2. The lowest BCUT2D eigenvalue weighted by atomic mass is 9.98. The number of anilines is 3. The molecular weight excluding hydrogens is 406 g/mol. The van der Waals surface area contributed by atoms with Crippen LogP contribution in [0, 0.1) is 5.92 Å². The van der Waals surface area contributed by atoms with Crippen molar-refractivity contribution in [1.82, 2.24) is 0 Å². The molecule has 1 fully saturated rings. The summed E-state index contributed by atoms with van der Waals surface area (Å²) in [4.78, 5) is 29.3. The SMILES string of the molecule is CCCC[C@H](CC)C(=O)Nc1cccc([C@H]2SCC(=O)N2c2ccc(N(C)C)cc2)c1. The summed E-state index contributed by atoms with van der Waals surface area (Å²) >= 11 is 1.62. The van der Waals surface area contributed by atoms with Crippen LogP contribution in [0.5, 0.6) is 0 Å². The minimum Gasteiger partial charge on any atom is -0.378 e. The van der Waals surface area contributed by atoms with Crippen LogP contribution in [0.15, 0.2) is 48.5 Å². The highest BCUT2D eigenvalue weighted by molar-refractivity contribution is 8.00. The Bertz CT molecular complexity index is 898. The van der Waals surface area contributed by atoms with Crippen molar-refractivity contribution in [2.45, 2.75) is 44.9 Å². The molecule has 2 aromatic carbocycles. The van der Waals surface area contributed by atoms with Crippen LogP contribution in [0.2, 0.25) is 0 Å². The molecule has 1 aliphatic rings. The largest absolute Gasteiger partial charge is 0.378 e. The van der Waals surface area contributed by atoms with E-state index >= 15 is 0 Å². The Hall–Kier alpha value is -2.47. The first kappa shape index (κ1) is 23.2. The molecule has 1 heterocycles. The van der Waals surface area contributed by atoms with E-state index in [9.17, 15) is 9.59 Å². The fourth-order valence-electron chi connectivity index (χ4n) is 3.85. The topological polar surface area (TPSA) is 52.7 Å². The van der Waals surface area contributed by atoms with Gasteiger partial charge in [-0.05, 0) is 54.8 Å². The minimum absolute atomic E-state index is 0.0396. The lowest BCUT2D eigenvalue weighted by Crippen LogP contribution is -2.28. The number of hydrogen-bond donors (Lipinski definition) is 1. The fraction of sp³-hybridized carbons (Fsp3) is 0.440. The second-order valence-electron chi connectivity index (χ2n) is 8.20. The third-order valence-corrected chi connectivity index (χ3v) is 6.93. The van der Waals surface area contributed by atoms with Crippen LogP contribution in [0.4, 0.5) is 17.1 Å². The smallest absolute Gasteiger partial charge is 0.238 e. The van der Waals surface area contributed by atoms with Crippen molar-refractivity contribution in [1.29, 1.82) is 0 Å². The summed E-state index contributed by atoms with van der Waals surface area (Å²) in [6.45, 7) is 4.21. The van der Waals surface area contributed by atoms with E-state index in [1.165, 1.54) is 0 Å². The highest BCUT2D eigenvalue weighted by Crippen LogP contribution is 2.42. The highest BCUT2D eigenvalue weighted by Gasteiger charge is 2.34. The van der Waals surface area contributed by atoms with Gasteiger partial charge in [0.1, 0.15) is 5.37 Å². The van der Waals surface area contributed by atoms with E-state index in [-0.39, 0.29) is 23.1 Å². The van der Waals surface area contributed by atoms with E-state index in [0.717, 1.165) is 48.3 Å². The molecule has 1 saturated heterocycles. The molecule has 2 atom stereocenters. The number of hydrogen-bond acceptors (Lipinski definition) is 4. The predicted molar refractivity (Wildman–Crippen MR) is 132 cm³/mol. The van der Waals surface area contributed by atoms with Crippen molar-refractivity contribution in [3.05, 3.63) is 54.1 Å². The maximum Gasteiger partial charge on any atom is 0.238 e. The van der Waals surface area contributed by atoms with Crippen molar-refractivity contribution in [3.63, 3.8) is 0 Å². The predicted octanol–water partition coefficient (Wildman–Crippen LogP) is 5.69. The van der Waals surface area contributed by atoms with Gasteiger partial charge in [0.05, 0.1) is 5.75 Å². The third-order valence-electron chi connectivity index (χ3n) is 5.72. The summed E-state index contributed by atoms with van der Waals surface area (Å²) in [5.41, 5.74) is 3.80. The summed E-state index contributed by atoms with van der Waals surface area (Å²) in [7, 11) is 4.00. The normalized spacial score (nSPS) is 17.0. The second kappa shape index (κ2) is 10.7. The molecule has 31 heavy (non-hydrogen) atoms. The van der Waals surface area contributed by atoms with E-state index in [1.54, 1.807) is 11.8 Å². The second-order valence-corrected chi connectivity index (χ2v) is 9.27. The van der Waals surface area contributed by atoms with Gasteiger partial charge in [-0.3, -0.25) is 14.5 Å². The Morgan fingerprint density at radius 3 is 2.58 bits per heavy atom. The molecule has 0 radical (unpaired) electrons. The minimum atomic E-state index is -0.100. The van der Waals surface area contributed by atoms with Crippen LogP contribution in [0.25, 0.3) is 0 Å². The van der Waals surface area contributed by atoms with Gasteiger partial charge in [0.15, 0.2) is 0 Å². The Morgan fingerprint density at radius 1 is 1.19 bits per heavy atom. The molecule has 5 nitrogen and oxygen atoms in total. The van der Waals surface area contributed by atoms with Gasteiger partial charge in [0.2, 0.25) is 11.8 Å². The summed E-state index contributed by atoms with van der Waals surface area (Å²) in [6.07, 6.45) is 3.92. The summed E-state index contributed by atoms with van der Waals surface area (Å²) in [6, 6.07) is 16.0. The van der Waals surface area contributed by atoms with E-state index in [2.05, 4.69) is 19.2 Å². The monoisotopic (exact) mass is 439 g/mol. The highest BCUT2D eigenvalue weighted by atomic mass is 32.2. The number of nitrogens with one attached hydrogen (secondary N) is 1. The molecule has 2 amide bonds. The number of thioether (sulfide) groups is 1. The Balaban J connectivity index is 1.78. The average molecular weight is 440 g/mol. The molecule has 0 aliphatic carbocycles. The Morgan fingerprint density at radius 2 is 1.94 bits per heavy atom. The van der Waals surface area contributed by atoms with E-state index < -0.39 is 0 Å². The lowest BCUT2D eigenvalue weighted by molar-refractivity contribution is -0.120. The molecule has 6 heteroatoms. The zero-order valence-corrected chi connectivity index (χ0v) is 19.7. The summed E-state index contributed by atoms with van der Waals surface area (Å²) in [5, 5.41) is 2.99. The van der Waals surface area contributed by atoms with Gasteiger partial charge in [0.25, 0.3) is 0 Å². The standard InChI is InChI=1S/C25H33N3O2S/c1-5-7-9-18(6-2)24(30)26-20-11-8-10-19(16-20)25-28(23(29)17-31-25)22-14-12-21(13-15-22)27(3)4/h8,10-16,18,25H,5-7,9,17H2,1-4H3,(H,26,30)/t18-,25+/m0/s1. The number of unbranched alkanes of at least 4 members (excludes halogenated alkanes) is 1. The van der Waals surface area contributed by atoms with Crippen molar-refractivity contribution < 1.29 is 9.59 Å². The van der Waals surface area contributed by atoms with Gasteiger partial charge in [0, 0.05) is 37.1 Å². The van der Waals surface area contributed by atoms with Crippen LogP contribution in [-0.2, 0) is 9.59 Å². The molecule has 0 spiro atoms. The van der Waals surface area contributed by atoms with Gasteiger partial charge < -0.3 is 10.2 Å². The Labute approximate surface area is 190 Å². The fourth-order valence-corrected chi connectivity index (χ4v) is 5.01. The molecule has 2 aromatic rings. The molecule has 0 bridgehead atoms. The maximum atomic E-state index is 12.7. The van der Waals surface area contributed by atoms with Crippen LogP contribution < -0.4 is 15.1 Å².